The fourth-order valence-corrected chi connectivity index (χ4v) is 1.94. The Morgan fingerprint density at radius 3 is 2.04 bits per heavy atom. The fraction of sp³-hybridized carbons (Fsp3) is 0.316. The number of phenolic OH excluding ortho intramolecular Hbond substituents is 3. The number of aryl methyl sites for hydroxylation is 1. The SMILES string of the molecule is CC(C)OC(=O)c1cc(O)c(O)c(O)c1.CCCc1ccccc1. The van der Waals surface area contributed by atoms with Crippen LogP contribution in [0.3, 0.4) is 0 Å². The molecule has 0 fully saturated rings. The van der Waals surface area contributed by atoms with E-state index in [2.05, 4.69) is 37.3 Å². The summed E-state index contributed by atoms with van der Waals surface area (Å²) in [5, 5.41) is 27.3. The smallest absolute Gasteiger partial charge is 0.338 e. The predicted octanol–water partition coefficient (Wildman–Crippen LogP) is 4.01. The standard InChI is InChI=1S/C10H12O5.C9H12/c1-5(2)15-10(14)6-3-7(11)9(13)8(12)4-6;1-2-6-9-7-4-3-5-8-9/h3-5,11-13H,1-2H3;3-5,7-8H,2,6H2,1H3. The van der Waals surface area contributed by atoms with Crippen molar-refractivity contribution < 1.29 is 24.9 Å². The van der Waals surface area contributed by atoms with Crippen molar-refractivity contribution in [1.82, 2.24) is 0 Å². The Kier molecular flexibility index (Phi) is 7.62. The van der Waals surface area contributed by atoms with E-state index in [4.69, 9.17) is 20.1 Å². The number of ether oxygens (including phenoxy) is 1. The molecular weight excluding hydrogens is 308 g/mol. The van der Waals surface area contributed by atoms with E-state index in [0.717, 1.165) is 12.1 Å². The van der Waals surface area contributed by atoms with Crippen LogP contribution in [0.2, 0.25) is 0 Å². The number of phenols is 3. The van der Waals surface area contributed by atoms with E-state index in [9.17, 15) is 4.79 Å². The molecule has 2 rings (SSSR count). The van der Waals surface area contributed by atoms with Crippen LogP contribution in [0.5, 0.6) is 17.2 Å². The lowest BCUT2D eigenvalue weighted by Gasteiger charge is -2.09. The molecule has 3 N–H and O–H groups in total. The summed E-state index contributed by atoms with van der Waals surface area (Å²) in [7, 11) is 0. The molecule has 0 unspecified atom stereocenters. The second kappa shape index (κ2) is 9.45. The van der Waals surface area contributed by atoms with Crippen molar-refractivity contribution in [3.8, 4) is 17.2 Å². The van der Waals surface area contributed by atoms with E-state index in [1.54, 1.807) is 13.8 Å². The van der Waals surface area contributed by atoms with Crippen LogP contribution in [0.15, 0.2) is 42.5 Å². The number of esters is 1. The van der Waals surface area contributed by atoms with Gasteiger partial charge in [-0.15, -0.1) is 0 Å². The molecule has 0 aliphatic carbocycles. The van der Waals surface area contributed by atoms with Crippen molar-refractivity contribution in [3.05, 3.63) is 53.6 Å². The van der Waals surface area contributed by atoms with Crippen molar-refractivity contribution >= 4 is 5.97 Å². The average Bonchev–Trinajstić information content (AvgIpc) is 2.53. The topological polar surface area (TPSA) is 87.0 Å². The number of carbonyl (C=O) groups excluding carboxylic acids is 1. The van der Waals surface area contributed by atoms with E-state index in [1.165, 1.54) is 18.4 Å². The van der Waals surface area contributed by atoms with Crippen LogP contribution in [0.1, 0.15) is 43.1 Å². The molecule has 0 aliphatic heterocycles. The van der Waals surface area contributed by atoms with Gasteiger partial charge in [-0.2, -0.15) is 0 Å². The van der Waals surface area contributed by atoms with Gasteiger partial charge in [-0.1, -0.05) is 43.7 Å². The van der Waals surface area contributed by atoms with Gasteiger partial charge in [0.2, 0.25) is 0 Å². The van der Waals surface area contributed by atoms with Crippen molar-refractivity contribution in [2.75, 3.05) is 0 Å². The Balaban J connectivity index is 0.000000272. The molecule has 0 spiro atoms. The van der Waals surface area contributed by atoms with Crippen LogP contribution in [0.25, 0.3) is 0 Å². The Hall–Kier alpha value is -2.69. The number of carbonyl (C=O) groups is 1. The molecule has 0 radical (unpaired) electrons. The van der Waals surface area contributed by atoms with E-state index < -0.39 is 23.2 Å². The highest BCUT2D eigenvalue weighted by Gasteiger charge is 2.15. The Morgan fingerprint density at radius 1 is 1.04 bits per heavy atom. The summed E-state index contributed by atoms with van der Waals surface area (Å²) in [5.41, 5.74) is 1.43. The zero-order valence-corrected chi connectivity index (χ0v) is 14.2. The summed E-state index contributed by atoms with van der Waals surface area (Å²) in [5.74, 6) is -2.46. The molecule has 0 aliphatic rings. The fourth-order valence-electron chi connectivity index (χ4n) is 1.94. The van der Waals surface area contributed by atoms with Gasteiger partial charge in [0.1, 0.15) is 0 Å². The van der Waals surface area contributed by atoms with Crippen molar-refractivity contribution in [1.29, 1.82) is 0 Å². The van der Waals surface area contributed by atoms with E-state index in [1.807, 2.05) is 0 Å². The van der Waals surface area contributed by atoms with Gasteiger partial charge in [-0.3, -0.25) is 0 Å². The van der Waals surface area contributed by atoms with Crippen LogP contribution in [-0.4, -0.2) is 27.4 Å². The molecule has 0 saturated heterocycles. The second-order valence-corrected chi connectivity index (χ2v) is 5.55. The largest absolute Gasteiger partial charge is 0.504 e. The van der Waals surface area contributed by atoms with Gasteiger partial charge in [-0.05, 0) is 38.0 Å². The molecule has 5 heteroatoms. The second-order valence-electron chi connectivity index (χ2n) is 5.55. The molecule has 24 heavy (non-hydrogen) atoms. The quantitative estimate of drug-likeness (QED) is 0.582. The third-order valence-electron chi connectivity index (χ3n) is 3.03. The van der Waals surface area contributed by atoms with Crippen LogP contribution in [-0.2, 0) is 11.2 Å². The molecule has 0 saturated carbocycles. The lowest BCUT2D eigenvalue weighted by molar-refractivity contribution is 0.0377. The van der Waals surface area contributed by atoms with Gasteiger partial charge in [0.25, 0.3) is 0 Å². The molecule has 0 atom stereocenters. The first-order valence-corrected chi connectivity index (χ1v) is 7.85. The highest BCUT2D eigenvalue weighted by molar-refractivity contribution is 5.91. The van der Waals surface area contributed by atoms with Crippen LogP contribution in [0.4, 0.5) is 0 Å². The maximum Gasteiger partial charge on any atom is 0.338 e. The molecule has 0 amide bonds. The maximum atomic E-state index is 11.3. The van der Waals surface area contributed by atoms with Gasteiger partial charge in [0.15, 0.2) is 17.2 Å². The van der Waals surface area contributed by atoms with Crippen LogP contribution in [0, 0.1) is 0 Å². The Bertz CT molecular complexity index is 627. The first-order valence-electron chi connectivity index (χ1n) is 7.85. The summed E-state index contributed by atoms with van der Waals surface area (Å²) in [6, 6.07) is 12.6. The monoisotopic (exact) mass is 332 g/mol. The predicted molar refractivity (Wildman–Crippen MR) is 92.4 cm³/mol. The summed E-state index contributed by atoms with van der Waals surface area (Å²) >= 11 is 0. The first-order chi connectivity index (χ1) is 11.3. The van der Waals surface area contributed by atoms with Crippen LogP contribution < -0.4 is 0 Å². The summed E-state index contributed by atoms with van der Waals surface area (Å²) in [6.07, 6.45) is 2.15. The van der Waals surface area contributed by atoms with Gasteiger partial charge < -0.3 is 20.1 Å². The lowest BCUT2D eigenvalue weighted by atomic mass is 10.1. The summed E-state index contributed by atoms with van der Waals surface area (Å²) in [6.45, 7) is 5.56. The summed E-state index contributed by atoms with van der Waals surface area (Å²) < 4.78 is 4.84. The average molecular weight is 332 g/mol. The number of benzene rings is 2. The van der Waals surface area contributed by atoms with Crippen molar-refractivity contribution in [2.24, 2.45) is 0 Å². The summed E-state index contributed by atoms with van der Waals surface area (Å²) in [4.78, 5) is 11.3. The Morgan fingerprint density at radius 2 is 1.58 bits per heavy atom. The van der Waals surface area contributed by atoms with Gasteiger partial charge in [-0.25, -0.2) is 4.79 Å². The molecule has 2 aromatic rings. The third kappa shape index (κ3) is 6.20. The molecule has 2 aromatic carbocycles. The molecule has 0 heterocycles. The number of rotatable bonds is 4. The van der Waals surface area contributed by atoms with E-state index in [-0.39, 0.29) is 11.7 Å². The van der Waals surface area contributed by atoms with Gasteiger partial charge in [0, 0.05) is 0 Å². The maximum absolute atomic E-state index is 11.3. The van der Waals surface area contributed by atoms with E-state index >= 15 is 0 Å². The number of hydrogen-bond acceptors (Lipinski definition) is 5. The normalized spacial score (nSPS) is 10.0. The zero-order chi connectivity index (χ0) is 18.1. The van der Waals surface area contributed by atoms with E-state index in [0.29, 0.717) is 0 Å². The van der Waals surface area contributed by atoms with Crippen molar-refractivity contribution in [3.63, 3.8) is 0 Å². The number of aromatic hydroxyl groups is 3. The molecular formula is C19H24O5. The van der Waals surface area contributed by atoms with Gasteiger partial charge >= 0.3 is 5.97 Å². The lowest BCUT2D eigenvalue weighted by Crippen LogP contribution is -2.11. The van der Waals surface area contributed by atoms with Crippen molar-refractivity contribution in [2.45, 2.75) is 39.7 Å². The molecule has 0 aromatic heterocycles. The minimum atomic E-state index is -0.671. The minimum absolute atomic E-state index is 0.0171. The highest BCUT2D eigenvalue weighted by Crippen LogP contribution is 2.35. The van der Waals surface area contributed by atoms with Gasteiger partial charge in [0.05, 0.1) is 11.7 Å². The Labute approximate surface area is 142 Å². The van der Waals surface area contributed by atoms with Crippen LogP contribution >= 0.6 is 0 Å². The zero-order valence-electron chi connectivity index (χ0n) is 14.2. The molecule has 5 nitrogen and oxygen atoms in total. The first kappa shape index (κ1) is 19.4. The molecule has 130 valence electrons. The highest BCUT2D eigenvalue weighted by atomic mass is 16.5. The minimum Gasteiger partial charge on any atom is -0.504 e. The third-order valence-corrected chi connectivity index (χ3v) is 3.03. The number of hydrogen-bond donors (Lipinski definition) is 3. The molecule has 0 bridgehead atoms.